The Morgan fingerprint density at radius 3 is 2.38 bits per heavy atom. The molecule has 29 heavy (non-hydrogen) atoms. The second-order valence-electron chi connectivity index (χ2n) is 6.49. The van der Waals surface area contributed by atoms with Crippen LogP contribution in [0.15, 0.2) is 60.9 Å². The van der Waals surface area contributed by atoms with Crippen LogP contribution in [-0.2, 0) is 17.8 Å². The summed E-state index contributed by atoms with van der Waals surface area (Å²) in [6.07, 6.45) is 1.45. The van der Waals surface area contributed by atoms with Gasteiger partial charge in [0, 0.05) is 12.6 Å². The molecule has 0 saturated heterocycles. The Kier molecular flexibility index (Phi) is 6.28. The molecule has 0 aliphatic heterocycles. The first-order valence-electron chi connectivity index (χ1n) is 8.98. The van der Waals surface area contributed by atoms with Crippen LogP contribution in [0.2, 0.25) is 0 Å². The van der Waals surface area contributed by atoms with Gasteiger partial charge in [-0.15, -0.1) is 0 Å². The fourth-order valence-corrected chi connectivity index (χ4v) is 2.60. The molecule has 2 aromatic carbocycles. The first kappa shape index (κ1) is 19.7. The van der Waals surface area contributed by atoms with Gasteiger partial charge in [0.25, 0.3) is 5.91 Å². The average molecular weight is 385 g/mol. The van der Waals surface area contributed by atoms with E-state index in [4.69, 9.17) is 5.26 Å². The summed E-state index contributed by atoms with van der Waals surface area (Å²) in [5.41, 5.74) is 3.59. The van der Waals surface area contributed by atoms with Gasteiger partial charge in [-0.05, 0) is 30.2 Å². The van der Waals surface area contributed by atoms with Gasteiger partial charge in [0.1, 0.15) is 17.8 Å². The van der Waals surface area contributed by atoms with Crippen molar-refractivity contribution in [1.29, 1.82) is 5.26 Å². The molecule has 3 aromatic rings. The van der Waals surface area contributed by atoms with Gasteiger partial charge >= 0.3 is 0 Å². The molecule has 2 amide bonds. The third kappa shape index (κ3) is 5.71. The molecule has 0 aliphatic rings. The lowest BCUT2D eigenvalue weighted by Crippen LogP contribution is -2.24. The van der Waals surface area contributed by atoms with Crippen molar-refractivity contribution >= 4 is 17.6 Å². The average Bonchev–Trinajstić information content (AvgIpc) is 2.74. The number of benzene rings is 2. The zero-order valence-corrected chi connectivity index (χ0v) is 15.8. The minimum absolute atomic E-state index is 0.152. The highest BCUT2D eigenvalue weighted by Crippen LogP contribution is 2.08. The van der Waals surface area contributed by atoms with Crippen molar-refractivity contribution in [3.05, 3.63) is 88.9 Å². The maximum atomic E-state index is 12.3. The third-order valence-corrected chi connectivity index (χ3v) is 4.19. The number of rotatable bonds is 6. The lowest BCUT2D eigenvalue weighted by Gasteiger charge is -2.08. The van der Waals surface area contributed by atoms with E-state index in [0.717, 1.165) is 16.7 Å². The Labute approximate surface area is 168 Å². The normalized spacial score (nSPS) is 10.1. The van der Waals surface area contributed by atoms with Gasteiger partial charge in [0.2, 0.25) is 5.91 Å². The zero-order chi connectivity index (χ0) is 20.6. The molecule has 0 aliphatic carbocycles. The Morgan fingerprint density at radius 2 is 1.69 bits per heavy atom. The molecule has 0 fully saturated rings. The summed E-state index contributed by atoms with van der Waals surface area (Å²) in [6.45, 7) is 2.28. The van der Waals surface area contributed by atoms with E-state index >= 15 is 0 Å². The molecule has 1 heterocycles. The van der Waals surface area contributed by atoms with Crippen LogP contribution >= 0.6 is 0 Å². The fraction of sp³-hybridized carbons (Fsp3) is 0.136. The number of carbonyl (C=O) groups is 2. The van der Waals surface area contributed by atoms with Crippen molar-refractivity contribution in [2.45, 2.75) is 19.9 Å². The first-order chi connectivity index (χ1) is 14.0. The molecule has 0 unspecified atom stereocenters. The van der Waals surface area contributed by atoms with E-state index < -0.39 is 0 Å². The third-order valence-electron chi connectivity index (χ3n) is 4.19. The number of anilines is 1. The highest BCUT2D eigenvalue weighted by Gasteiger charge is 2.11. The molecule has 0 saturated carbocycles. The number of carbonyl (C=O) groups excluding carboxylic acids is 2. The van der Waals surface area contributed by atoms with Gasteiger partial charge in [-0.25, -0.2) is 9.97 Å². The molecule has 7 nitrogen and oxygen atoms in total. The second kappa shape index (κ2) is 9.24. The predicted octanol–water partition coefficient (Wildman–Crippen LogP) is 2.77. The minimum Gasteiger partial charge on any atom is -0.347 e. The molecule has 0 radical (unpaired) electrons. The molecule has 3 rings (SSSR count). The summed E-state index contributed by atoms with van der Waals surface area (Å²) in [5.74, 6) is -0.345. The van der Waals surface area contributed by atoms with Gasteiger partial charge < -0.3 is 10.6 Å². The van der Waals surface area contributed by atoms with Gasteiger partial charge in [0.05, 0.1) is 18.1 Å². The Morgan fingerprint density at radius 1 is 1.00 bits per heavy atom. The van der Waals surface area contributed by atoms with Crippen LogP contribution in [0.4, 0.5) is 5.82 Å². The van der Waals surface area contributed by atoms with Crippen LogP contribution in [0.1, 0.15) is 32.7 Å². The van der Waals surface area contributed by atoms with Gasteiger partial charge in [-0.2, -0.15) is 5.26 Å². The van der Waals surface area contributed by atoms with E-state index in [9.17, 15) is 9.59 Å². The van der Waals surface area contributed by atoms with E-state index in [-0.39, 0.29) is 29.7 Å². The summed E-state index contributed by atoms with van der Waals surface area (Å²) < 4.78 is 0. The van der Waals surface area contributed by atoms with Crippen LogP contribution in [-0.4, -0.2) is 21.8 Å². The number of hydrogen-bond donors (Lipinski definition) is 2. The van der Waals surface area contributed by atoms with Crippen LogP contribution in [0.5, 0.6) is 0 Å². The van der Waals surface area contributed by atoms with Gasteiger partial charge in [-0.3, -0.25) is 9.59 Å². The summed E-state index contributed by atoms with van der Waals surface area (Å²) in [7, 11) is 0. The number of nitriles is 1. The monoisotopic (exact) mass is 385 g/mol. The number of aryl methyl sites for hydroxylation is 1. The number of amides is 2. The van der Waals surface area contributed by atoms with Crippen LogP contribution < -0.4 is 10.6 Å². The molecule has 144 valence electrons. The number of nitrogens with one attached hydrogen (secondary N) is 2. The van der Waals surface area contributed by atoms with Crippen LogP contribution in [0, 0.1) is 18.3 Å². The lowest BCUT2D eigenvalue weighted by molar-refractivity contribution is -0.115. The van der Waals surface area contributed by atoms with Gasteiger partial charge in [-0.1, -0.05) is 42.0 Å². The molecule has 0 atom stereocenters. The summed E-state index contributed by atoms with van der Waals surface area (Å²) in [5, 5.41) is 14.3. The molecular formula is C22H19N5O2. The highest BCUT2D eigenvalue weighted by molar-refractivity contribution is 5.95. The maximum absolute atomic E-state index is 12.3. The maximum Gasteiger partial charge on any atom is 0.270 e. The first-order valence-corrected chi connectivity index (χ1v) is 8.98. The van der Waals surface area contributed by atoms with Crippen LogP contribution in [0.3, 0.4) is 0 Å². The highest BCUT2D eigenvalue weighted by atomic mass is 16.2. The quantitative estimate of drug-likeness (QED) is 0.678. The van der Waals surface area contributed by atoms with Crippen molar-refractivity contribution in [2.75, 3.05) is 5.32 Å². The van der Waals surface area contributed by atoms with E-state index in [0.29, 0.717) is 12.1 Å². The Hall–Kier alpha value is -4.05. The molecule has 7 heteroatoms. The topological polar surface area (TPSA) is 108 Å². The van der Waals surface area contributed by atoms with Crippen molar-refractivity contribution in [1.82, 2.24) is 15.3 Å². The largest absolute Gasteiger partial charge is 0.347 e. The smallest absolute Gasteiger partial charge is 0.270 e. The van der Waals surface area contributed by atoms with E-state index in [1.165, 1.54) is 12.4 Å². The minimum atomic E-state index is -0.384. The standard InChI is InChI=1S/C22H19N5O2/c1-15-2-4-16(5-3-15)10-21(28)27-20-11-19(25-14-26-20)22(29)24-13-18-8-6-17(12-23)7-9-18/h2-9,11,14H,10,13H2,1H3,(H,24,29)(H,25,26,27,28). The Bertz CT molecular complexity index is 1050. The lowest BCUT2D eigenvalue weighted by atomic mass is 10.1. The van der Waals surface area contributed by atoms with Gasteiger partial charge in [0.15, 0.2) is 0 Å². The molecule has 0 spiro atoms. The summed E-state index contributed by atoms with van der Waals surface area (Å²) >= 11 is 0. The number of aromatic nitrogens is 2. The van der Waals surface area contributed by atoms with E-state index in [1.54, 1.807) is 24.3 Å². The van der Waals surface area contributed by atoms with Crippen molar-refractivity contribution < 1.29 is 9.59 Å². The van der Waals surface area contributed by atoms with E-state index in [1.807, 2.05) is 37.3 Å². The van der Waals surface area contributed by atoms with Crippen molar-refractivity contribution in [3.8, 4) is 6.07 Å². The van der Waals surface area contributed by atoms with Crippen molar-refractivity contribution in [2.24, 2.45) is 0 Å². The number of nitrogens with zero attached hydrogens (tertiary/aromatic N) is 3. The van der Waals surface area contributed by atoms with Crippen molar-refractivity contribution in [3.63, 3.8) is 0 Å². The predicted molar refractivity (Wildman–Crippen MR) is 108 cm³/mol. The summed E-state index contributed by atoms with van der Waals surface area (Å²) in [4.78, 5) is 32.5. The fourth-order valence-electron chi connectivity index (χ4n) is 2.60. The summed E-state index contributed by atoms with van der Waals surface area (Å²) in [6, 6.07) is 18.1. The van der Waals surface area contributed by atoms with E-state index in [2.05, 4.69) is 20.6 Å². The molecular weight excluding hydrogens is 366 g/mol. The van der Waals surface area contributed by atoms with Crippen LogP contribution in [0.25, 0.3) is 0 Å². The SMILES string of the molecule is Cc1ccc(CC(=O)Nc2cc(C(=O)NCc3ccc(C#N)cc3)ncn2)cc1. The number of hydrogen-bond acceptors (Lipinski definition) is 5. The molecule has 1 aromatic heterocycles. The molecule has 0 bridgehead atoms. The zero-order valence-electron chi connectivity index (χ0n) is 15.8. The molecule has 2 N–H and O–H groups in total. The second-order valence-corrected chi connectivity index (χ2v) is 6.49. The Balaban J connectivity index is 1.57.